The first kappa shape index (κ1) is 31.7. The number of benzene rings is 3. The van der Waals surface area contributed by atoms with Crippen LogP contribution in [-0.2, 0) is 24.6 Å². The zero-order valence-electron chi connectivity index (χ0n) is 24.8. The third-order valence-corrected chi connectivity index (χ3v) is 7.73. The lowest BCUT2D eigenvalue weighted by molar-refractivity contribution is -0.121. The van der Waals surface area contributed by atoms with Crippen LogP contribution >= 0.6 is 0 Å². The van der Waals surface area contributed by atoms with Gasteiger partial charge in [-0.05, 0) is 41.0 Å². The molecule has 1 unspecified atom stereocenters. The van der Waals surface area contributed by atoms with Crippen molar-refractivity contribution < 1.29 is 33.6 Å². The first-order valence-corrected chi connectivity index (χ1v) is 14.3. The number of nitrogens with one attached hydrogen (secondary N) is 1. The number of hydrogen-bond donors (Lipinski definition) is 3. The second-order valence-electron chi connectivity index (χ2n) is 10.4. The number of hydrogen-bond acceptors (Lipinski definition) is 9. The minimum absolute atomic E-state index is 0.107. The largest absolute Gasteiger partial charge is 0.497 e. The smallest absolute Gasteiger partial charge is 0.330 e. The molecule has 4 atom stereocenters. The number of nitrogens with zero attached hydrogens (tertiary/aromatic N) is 1. The number of H-pyrrole nitrogens is 1. The van der Waals surface area contributed by atoms with Gasteiger partial charge in [0.1, 0.15) is 35.4 Å². The molecule has 0 aliphatic carbocycles. The van der Waals surface area contributed by atoms with E-state index < -0.39 is 47.3 Å². The standard InChI is InChI=1S/C33H35N3O9/c1-41-24-12-8-22(9-13-24)33(21-6-4-3-5-7-21,23-10-14-25(42-2)15-11-23)44-20-26-29(39)30(43-19-17-27(34)37)31(45-26)36-18-16-28(38)35-32(36)40/h3-16,18,26,29-31,39H,17,19-20H2,1-2H3,(H2,34,37)(H,35,38,40)/t26-,29?,30+,31-/m1/s1. The number of carbonyl (C=O) groups is 1. The van der Waals surface area contributed by atoms with E-state index in [1.54, 1.807) is 14.2 Å². The first-order valence-electron chi connectivity index (χ1n) is 14.3. The molecule has 0 saturated carbocycles. The summed E-state index contributed by atoms with van der Waals surface area (Å²) >= 11 is 0. The molecule has 0 spiro atoms. The van der Waals surface area contributed by atoms with Crippen LogP contribution in [0.3, 0.4) is 0 Å². The van der Waals surface area contributed by atoms with Crippen LogP contribution in [0.4, 0.5) is 0 Å². The highest BCUT2D eigenvalue weighted by molar-refractivity contribution is 5.73. The van der Waals surface area contributed by atoms with Crippen LogP contribution in [0.2, 0.25) is 0 Å². The predicted molar refractivity (Wildman–Crippen MR) is 163 cm³/mol. The van der Waals surface area contributed by atoms with Crippen LogP contribution in [0, 0.1) is 0 Å². The zero-order valence-corrected chi connectivity index (χ0v) is 24.8. The minimum Gasteiger partial charge on any atom is -0.497 e. The Morgan fingerprint density at radius 2 is 1.49 bits per heavy atom. The highest BCUT2D eigenvalue weighted by Crippen LogP contribution is 2.43. The Kier molecular flexibility index (Phi) is 9.79. The molecule has 236 valence electrons. The topological polar surface area (TPSA) is 164 Å². The molecule has 3 aromatic carbocycles. The maximum atomic E-state index is 12.7. The number of rotatable bonds is 13. The summed E-state index contributed by atoms with van der Waals surface area (Å²) in [7, 11) is 3.18. The second-order valence-corrected chi connectivity index (χ2v) is 10.4. The van der Waals surface area contributed by atoms with Gasteiger partial charge in [-0.1, -0.05) is 54.6 Å². The molecule has 1 aromatic heterocycles. The monoisotopic (exact) mass is 617 g/mol. The van der Waals surface area contributed by atoms with E-state index in [9.17, 15) is 19.5 Å². The fourth-order valence-corrected chi connectivity index (χ4v) is 5.46. The van der Waals surface area contributed by atoms with E-state index in [0.29, 0.717) is 11.5 Å². The van der Waals surface area contributed by atoms with Gasteiger partial charge in [0.25, 0.3) is 5.56 Å². The van der Waals surface area contributed by atoms with E-state index in [4.69, 9.17) is 29.4 Å². The van der Waals surface area contributed by atoms with Gasteiger partial charge in [0, 0.05) is 18.7 Å². The molecule has 4 N–H and O–H groups in total. The summed E-state index contributed by atoms with van der Waals surface area (Å²) in [6, 6.07) is 25.7. The normalized spacial score (nSPS) is 19.7. The van der Waals surface area contributed by atoms with Gasteiger partial charge < -0.3 is 34.5 Å². The number of aliphatic hydroxyl groups is 1. The maximum Gasteiger partial charge on any atom is 0.330 e. The Hall–Kier alpha value is -4.75. The predicted octanol–water partition coefficient (Wildman–Crippen LogP) is 2.08. The van der Waals surface area contributed by atoms with Crippen LogP contribution < -0.4 is 26.5 Å². The zero-order chi connectivity index (χ0) is 32.0. The molecule has 4 aromatic rings. The van der Waals surface area contributed by atoms with Crippen LogP contribution in [0.1, 0.15) is 29.3 Å². The summed E-state index contributed by atoms with van der Waals surface area (Å²) in [6.07, 6.45) is -3.36. The van der Waals surface area contributed by atoms with Crippen molar-refractivity contribution in [2.75, 3.05) is 27.4 Å². The number of aromatic amines is 1. The Morgan fingerprint density at radius 3 is 2.02 bits per heavy atom. The van der Waals surface area contributed by atoms with Crippen molar-refractivity contribution in [3.8, 4) is 11.5 Å². The van der Waals surface area contributed by atoms with E-state index in [-0.39, 0.29) is 19.6 Å². The van der Waals surface area contributed by atoms with E-state index in [1.807, 2.05) is 78.9 Å². The Balaban J connectivity index is 1.55. The van der Waals surface area contributed by atoms with Gasteiger partial charge in [-0.3, -0.25) is 19.1 Å². The molecule has 0 radical (unpaired) electrons. The van der Waals surface area contributed by atoms with Crippen LogP contribution in [0.15, 0.2) is 101 Å². The van der Waals surface area contributed by atoms with Crippen molar-refractivity contribution in [1.29, 1.82) is 0 Å². The molecule has 1 aliphatic heterocycles. The molecular formula is C33H35N3O9. The SMILES string of the molecule is COc1ccc(C(OC[C@H]2O[C@@H](n3ccc(=O)[nH]c3=O)[C@@H](OCCC(N)=O)C2O)(c2ccccc2)c2ccc(OC)cc2)cc1. The summed E-state index contributed by atoms with van der Waals surface area (Å²) in [4.78, 5) is 38.0. The maximum absolute atomic E-state index is 12.7. The molecule has 0 bridgehead atoms. The first-order chi connectivity index (χ1) is 21.8. The van der Waals surface area contributed by atoms with Crippen molar-refractivity contribution in [2.45, 2.75) is 36.6 Å². The lowest BCUT2D eigenvalue weighted by Crippen LogP contribution is -2.41. The summed E-state index contributed by atoms with van der Waals surface area (Å²) in [5.74, 6) is 0.734. The number of nitrogens with two attached hydrogens (primary N) is 1. The van der Waals surface area contributed by atoms with Crippen molar-refractivity contribution in [3.05, 3.63) is 129 Å². The summed E-state index contributed by atoms with van der Waals surface area (Å²) < 4.78 is 30.9. The number of carbonyl (C=O) groups excluding carboxylic acids is 1. The fraction of sp³-hybridized carbons (Fsp3) is 0.303. The van der Waals surface area contributed by atoms with E-state index in [1.165, 1.54) is 6.20 Å². The van der Waals surface area contributed by atoms with Gasteiger partial charge in [-0.25, -0.2) is 4.79 Å². The highest BCUT2D eigenvalue weighted by Gasteiger charge is 2.48. The second kappa shape index (κ2) is 13.9. The average Bonchev–Trinajstić information content (AvgIpc) is 3.36. The molecule has 1 aliphatic rings. The summed E-state index contributed by atoms with van der Waals surface area (Å²) in [5, 5.41) is 11.5. The van der Waals surface area contributed by atoms with Gasteiger partial charge in [0.15, 0.2) is 6.23 Å². The van der Waals surface area contributed by atoms with Gasteiger partial charge in [-0.15, -0.1) is 0 Å². The molecule has 45 heavy (non-hydrogen) atoms. The molecule has 2 heterocycles. The number of amides is 1. The van der Waals surface area contributed by atoms with Gasteiger partial charge >= 0.3 is 5.69 Å². The van der Waals surface area contributed by atoms with E-state index in [0.717, 1.165) is 27.3 Å². The molecule has 12 heteroatoms. The number of aromatic nitrogens is 2. The molecule has 12 nitrogen and oxygen atoms in total. The van der Waals surface area contributed by atoms with Crippen LogP contribution in [-0.4, -0.2) is 66.3 Å². The molecule has 1 fully saturated rings. The summed E-state index contributed by atoms with van der Waals surface area (Å²) in [6.45, 7) is -0.271. The highest BCUT2D eigenvalue weighted by atomic mass is 16.6. The van der Waals surface area contributed by atoms with Crippen LogP contribution in [0.25, 0.3) is 0 Å². The number of methoxy groups -OCH3 is 2. The fourth-order valence-electron chi connectivity index (χ4n) is 5.46. The van der Waals surface area contributed by atoms with Crippen molar-refractivity contribution in [3.63, 3.8) is 0 Å². The quantitative estimate of drug-likeness (QED) is 0.191. The van der Waals surface area contributed by atoms with E-state index in [2.05, 4.69) is 4.98 Å². The van der Waals surface area contributed by atoms with Gasteiger partial charge in [0.05, 0.1) is 27.4 Å². The lowest BCUT2D eigenvalue weighted by atomic mass is 9.80. The number of aliphatic hydroxyl groups excluding tert-OH is 1. The van der Waals surface area contributed by atoms with Gasteiger partial charge in [-0.2, -0.15) is 0 Å². The third-order valence-electron chi connectivity index (χ3n) is 7.73. The Labute approximate surface area is 258 Å². The van der Waals surface area contributed by atoms with Crippen molar-refractivity contribution in [1.82, 2.24) is 9.55 Å². The summed E-state index contributed by atoms with van der Waals surface area (Å²) in [5.41, 5.74) is 5.09. The minimum atomic E-state index is -1.29. The number of primary amides is 1. The molecule has 1 saturated heterocycles. The van der Waals surface area contributed by atoms with E-state index >= 15 is 0 Å². The number of ether oxygens (including phenoxy) is 5. The van der Waals surface area contributed by atoms with Crippen molar-refractivity contribution in [2.24, 2.45) is 5.73 Å². The van der Waals surface area contributed by atoms with Crippen LogP contribution in [0.5, 0.6) is 11.5 Å². The Bertz CT molecular complexity index is 1640. The third kappa shape index (κ3) is 6.69. The van der Waals surface area contributed by atoms with Gasteiger partial charge in [0.2, 0.25) is 5.91 Å². The Morgan fingerprint density at radius 1 is 0.911 bits per heavy atom. The molecule has 5 rings (SSSR count). The van der Waals surface area contributed by atoms with Crippen molar-refractivity contribution >= 4 is 5.91 Å². The molecular weight excluding hydrogens is 582 g/mol. The molecule has 1 amide bonds. The lowest BCUT2D eigenvalue weighted by Gasteiger charge is -2.37. The average molecular weight is 618 g/mol.